The normalized spacial score (nSPS) is 10.8. The fourth-order valence-electron chi connectivity index (χ4n) is 2.75. The molecule has 0 fully saturated rings. The highest BCUT2D eigenvalue weighted by Crippen LogP contribution is 2.19. The van der Waals surface area contributed by atoms with Crippen molar-refractivity contribution < 1.29 is 4.79 Å². The van der Waals surface area contributed by atoms with Crippen LogP contribution in [0.1, 0.15) is 30.9 Å². The van der Waals surface area contributed by atoms with E-state index in [-0.39, 0.29) is 6.03 Å². The molecular weight excluding hydrogens is 296 g/mol. The summed E-state index contributed by atoms with van der Waals surface area (Å²) >= 11 is 0. The number of fused-ring (bicyclic) bond motifs is 1. The first-order chi connectivity index (χ1) is 11.6. The fraction of sp³-hybridized carbons (Fsp3) is 0.190. The Morgan fingerprint density at radius 1 is 0.917 bits per heavy atom. The maximum absolute atomic E-state index is 12.1. The summed E-state index contributed by atoms with van der Waals surface area (Å²) in [4.78, 5) is 12.1. The van der Waals surface area contributed by atoms with E-state index in [9.17, 15) is 4.79 Å². The Kier molecular flexibility index (Phi) is 4.80. The Morgan fingerprint density at radius 3 is 2.38 bits per heavy atom. The van der Waals surface area contributed by atoms with Crippen molar-refractivity contribution in [1.29, 1.82) is 0 Å². The molecule has 0 atom stereocenters. The van der Waals surface area contributed by atoms with Crippen molar-refractivity contribution in [3.05, 3.63) is 77.9 Å². The molecule has 0 aliphatic heterocycles. The molecule has 3 heteroatoms. The molecule has 24 heavy (non-hydrogen) atoms. The fourth-order valence-corrected chi connectivity index (χ4v) is 2.75. The van der Waals surface area contributed by atoms with E-state index in [1.165, 1.54) is 16.3 Å². The van der Waals surface area contributed by atoms with Crippen LogP contribution in [0.4, 0.5) is 10.5 Å². The van der Waals surface area contributed by atoms with Crippen molar-refractivity contribution in [3.8, 4) is 0 Å². The molecule has 0 saturated carbocycles. The smallest absolute Gasteiger partial charge is 0.319 e. The van der Waals surface area contributed by atoms with E-state index in [2.05, 4.69) is 42.7 Å². The van der Waals surface area contributed by atoms with Gasteiger partial charge in [0, 0.05) is 12.2 Å². The number of benzene rings is 3. The second-order valence-electron chi connectivity index (χ2n) is 6.22. The summed E-state index contributed by atoms with van der Waals surface area (Å²) in [5.41, 5.74) is 3.17. The molecule has 2 N–H and O–H groups in total. The zero-order chi connectivity index (χ0) is 16.9. The van der Waals surface area contributed by atoms with Crippen LogP contribution < -0.4 is 10.6 Å². The minimum Gasteiger partial charge on any atom is -0.334 e. The van der Waals surface area contributed by atoms with Gasteiger partial charge < -0.3 is 10.6 Å². The lowest BCUT2D eigenvalue weighted by atomic mass is 10.0. The van der Waals surface area contributed by atoms with Crippen LogP contribution in [0.3, 0.4) is 0 Å². The largest absolute Gasteiger partial charge is 0.334 e. The average molecular weight is 318 g/mol. The van der Waals surface area contributed by atoms with Gasteiger partial charge in [-0.15, -0.1) is 0 Å². The minimum absolute atomic E-state index is 0.194. The molecular formula is C21H22N2O. The summed E-state index contributed by atoms with van der Waals surface area (Å²) in [7, 11) is 0. The number of amides is 2. The van der Waals surface area contributed by atoms with Gasteiger partial charge in [0.2, 0.25) is 0 Å². The molecule has 0 bridgehead atoms. The van der Waals surface area contributed by atoms with Gasteiger partial charge in [0.1, 0.15) is 0 Å². The molecule has 3 nitrogen and oxygen atoms in total. The number of carbonyl (C=O) groups excluding carboxylic acids is 1. The maximum Gasteiger partial charge on any atom is 0.319 e. The molecule has 0 unspecified atom stereocenters. The second kappa shape index (κ2) is 7.18. The van der Waals surface area contributed by atoms with Crippen LogP contribution in [0, 0.1) is 0 Å². The third-order valence-electron chi connectivity index (χ3n) is 4.15. The highest BCUT2D eigenvalue weighted by molar-refractivity contribution is 5.90. The van der Waals surface area contributed by atoms with Gasteiger partial charge in [0.05, 0.1) is 0 Å². The Hall–Kier alpha value is -2.81. The molecule has 0 heterocycles. The maximum atomic E-state index is 12.1. The van der Waals surface area contributed by atoms with Gasteiger partial charge in [-0.1, -0.05) is 68.4 Å². The first-order valence-corrected chi connectivity index (χ1v) is 8.25. The lowest BCUT2D eigenvalue weighted by molar-refractivity contribution is 0.252. The molecule has 0 aromatic heterocycles. The van der Waals surface area contributed by atoms with Crippen LogP contribution in [0.2, 0.25) is 0 Å². The lowest BCUT2D eigenvalue weighted by Crippen LogP contribution is -2.28. The molecule has 0 aliphatic carbocycles. The molecule has 0 radical (unpaired) electrons. The summed E-state index contributed by atoms with van der Waals surface area (Å²) in [6.45, 7) is 4.80. The number of nitrogens with one attached hydrogen (secondary N) is 2. The zero-order valence-electron chi connectivity index (χ0n) is 14.0. The predicted octanol–water partition coefficient (Wildman–Crippen LogP) is 5.28. The van der Waals surface area contributed by atoms with Crippen LogP contribution in [0.25, 0.3) is 10.8 Å². The Morgan fingerprint density at radius 2 is 1.62 bits per heavy atom. The van der Waals surface area contributed by atoms with Gasteiger partial charge in [-0.3, -0.25) is 0 Å². The highest BCUT2D eigenvalue weighted by Gasteiger charge is 2.05. The van der Waals surface area contributed by atoms with Crippen molar-refractivity contribution in [1.82, 2.24) is 5.32 Å². The predicted molar refractivity (Wildman–Crippen MR) is 100 cm³/mol. The van der Waals surface area contributed by atoms with E-state index in [1.54, 1.807) is 0 Å². The summed E-state index contributed by atoms with van der Waals surface area (Å²) in [6, 6.07) is 22.1. The molecule has 0 saturated heterocycles. The standard InChI is InChI=1S/C21H22N2O/c1-15(2)16-10-12-19(13-11-16)23-21(24)22-14-18-8-5-7-17-6-3-4-9-20(17)18/h3-13,15H,14H2,1-2H3,(H2,22,23,24). The van der Waals surface area contributed by atoms with Gasteiger partial charge >= 0.3 is 6.03 Å². The van der Waals surface area contributed by atoms with Crippen LogP contribution in [-0.2, 0) is 6.54 Å². The van der Waals surface area contributed by atoms with E-state index in [0.717, 1.165) is 11.3 Å². The summed E-state index contributed by atoms with van der Waals surface area (Å²) in [5.74, 6) is 0.485. The highest BCUT2D eigenvalue weighted by atomic mass is 16.2. The summed E-state index contributed by atoms with van der Waals surface area (Å²) in [6.07, 6.45) is 0. The summed E-state index contributed by atoms with van der Waals surface area (Å²) < 4.78 is 0. The van der Waals surface area contributed by atoms with Gasteiger partial charge in [-0.05, 0) is 39.9 Å². The molecule has 2 amide bonds. The van der Waals surface area contributed by atoms with E-state index in [0.29, 0.717) is 12.5 Å². The molecule has 0 spiro atoms. The van der Waals surface area contributed by atoms with Crippen molar-refractivity contribution in [2.75, 3.05) is 5.32 Å². The molecule has 0 aliphatic rings. The van der Waals surface area contributed by atoms with Crippen molar-refractivity contribution >= 4 is 22.5 Å². The van der Waals surface area contributed by atoms with Crippen LogP contribution >= 0.6 is 0 Å². The van der Waals surface area contributed by atoms with Crippen molar-refractivity contribution in [3.63, 3.8) is 0 Å². The third-order valence-corrected chi connectivity index (χ3v) is 4.15. The van der Waals surface area contributed by atoms with E-state index in [4.69, 9.17) is 0 Å². The first kappa shape index (κ1) is 16.1. The van der Waals surface area contributed by atoms with Crippen LogP contribution in [0.15, 0.2) is 66.7 Å². The average Bonchev–Trinajstić information content (AvgIpc) is 2.60. The Labute approximate surface area is 142 Å². The van der Waals surface area contributed by atoms with Gasteiger partial charge in [0.25, 0.3) is 0 Å². The van der Waals surface area contributed by atoms with E-state index in [1.807, 2.05) is 48.5 Å². The Balaban J connectivity index is 1.63. The third kappa shape index (κ3) is 3.74. The van der Waals surface area contributed by atoms with Gasteiger partial charge in [-0.2, -0.15) is 0 Å². The number of urea groups is 1. The Bertz CT molecular complexity index is 833. The molecule has 122 valence electrons. The summed E-state index contributed by atoms with van der Waals surface area (Å²) in [5, 5.41) is 8.15. The van der Waals surface area contributed by atoms with Crippen LogP contribution in [0.5, 0.6) is 0 Å². The minimum atomic E-state index is -0.194. The van der Waals surface area contributed by atoms with Gasteiger partial charge in [-0.25, -0.2) is 4.79 Å². The number of hydrogen-bond donors (Lipinski definition) is 2. The quantitative estimate of drug-likeness (QED) is 0.674. The second-order valence-corrected chi connectivity index (χ2v) is 6.22. The zero-order valence-corrected chi connectivity index (χ0v) is 14.0. The van der Waals surface area contributed by atoms with Gasteiger partial charge in [0.15, 0.2) is 0 Å². The number of rotatable bonds is 4. The first-order valence-electron chi connectivity index (χ1n) is 8.25. The number of hydrogen-bond acceptors (Lipinski definition) is 1. The monoisotopic (exact) mass is 318 g/mol. The van der Waals surface area contributed by atoms with Crippen molar-refractivity contribution in [2.45, 2.75) is 26.3 Å². The van der Waals surface area contributed by atoms with E-state index >= 15 is 0 Å². The molecule has 3 aromatic rings. The topological polar surface area (TPSA) is 41.1 Å². The number of carbonyl (C=O) groups is 1. The lowest BCUT2D eigenvalue weighted by Gasteiger charge is -2.11. The van der Waals surface area contributed by atoms with Crippen molar-refractivity contribution in [2.24, 2.45) is 0 Å². The molecule has 3 aromatic carbocycles. The van der Waals surface area contributed by atoms with Crippen LogP contribution in [-0.4, -0.2) is 6.03 Å². The number of anilines is 1. The SMILES string of the molecule is CC(C)c1ccc(NC(=O)NCc2cccc3ccccc23)cc1. The van der Waals surface area contributed by atoms with E-state index < -0.39 is 0 Å². The molecule has 3 rings (SSSR count).